The molecule has 0 aliphatic carbocycles. The molecular weight excluding hydrogens is 428 g/mol. The van der Waals surface area contributed by atoms with Gasteiger partial charge in [0.1, 0.15) is 17.0 Å². The Morgan fingerprint density at radius 2 is 2.09 bits per heavy atom. The van der Waals surface area contributed by atoms with Crippen molar-refractivity contribution in [1.29, 1.82) is 0 Å². The van der Waals surface area contributed by atoms with Crippen LogP contribution in [0.2, 0.25) is 0 Å². The molecule has 3 N–H and O–H groups in total. The van der Waals surface area contributed by atoms with E-state index in [1.165, 1.54) is 0 Å². The van der Waals surface area contributed by atoms with Gasteiger partial charge in [0.2, 0.25) is 0 Å². The number of benzene rings is 1. The third kappa shape index (κ3) is 2.56. The predicted molar refractivity (Wildman–Crippen MR) is 93.6 cm³/mol. The first-order valence-electron chi connectivity index (χ1n) is 7.63. The van der Waals surface area contributed by atoms with Gasteiger partial charge in [-0.15, -0.1) is 0 Å². The van der Waals surface area contributed by atoms with E-state index in [1.54, 1.807) is 6.07 Å². The molecule has 0 spiro atoms. The van der Waals surface area contributed by atoms with Gasteiger partial charge in [-0.05, 0) is 69.8 Å². The number of aromatic hydroxyl groups is 1. The van der Waals surface area contributed by atoms with Gasteiger partial charge in [-0.25, -0.2) is 0 Å². The van der Waals surface area contributed by atoms with Crippen LogP contribution in [-0.4, -0.2) is 51.8 Å². The van der Waals surface area contributed by atoms with Crippen LogP contribution in [0.25, 0.3) is 10.9 Å². The van der Waals surface area contributed by atoms with E-state index >= 15 is 0 Å². The Labute approximate surface area is 149 Å². The van der Waals surface area contributed by atoms with Crippen LogP contribution in [0.1, 0.15) is 23.3 Å². The molecule has 2 bridgehead atoms. The minimum Gasteiger partial charge on any atom is -0.506 e. The number of aromatic nitrogens is 2. The van der Waals surface area contributed by atoms with E-state index in [1.807, 2.05) is 0 Å². The number of carbonyl (C=O) groups is 1. The van der Waals surface area contributed by atoms with Gasteiger partial charge in [-0.3, -0.25) is 9.89 Å². The van der Waals surface area contributed by atoms with Crippen LogP contribution in [-0.2, 0) is 0 Å². The number of fused-ring (bicyclic) bond motifs is 4. The van der Waals surface area contributed by atoms with Crippen LogP contribution in [0, 0.1) is 5.92 Å². The summed E-state index contributed by atoms with van der Waals surface area (Å²) in [4.78, 5) is 15.1. The van der Waals surface area contributed by atoms with Crippen LogP contribution in [0.5, 0.6) is 5.75 Å². The topological polar surface area (TPSA) is 81.2 Å². The van der Waals surface area contributed by atoms with Crippen LogP contribution < -0.4 is 5.32 Å². The lowest BCUT2D eigenvalue weighted by atomic mass is 9.84. The molecule has 1 aromatic carbocycles. The number of amides is 1. The second kappa shape index (κ2) is 5.75. The maximum absolute atomic E-state index is 12.7. The largest absolute Gasteiger partial charge is 0.506 e. The first-order valence-corrected chi connectivity index (χ1v) is 9.21. The van der Waals surface area contributed by atoms with E-state index in [9.17, 15) is 9.90 Å². The summed E-state index contributed by atoms with van der Waals surface area (Å²) >= 11 is 6.71. The Balaban J connectivity index is 1.65. The maximum atomic E-state index is 12.7. The lowest BCUT2D eigenvalue weighted by Crippen LogP contribution is -2.57. The number of halogens is 2. The van der Waals surface area contributed by atoms with Gasteiger partial charge in [0.05, 0.1) is 9.86 Å². The number of nitrogens with one attached hydrogen (secondary N) is 2. The standard InChI is InChI=1S/C15H16Br2N4O2/c16-8-5-9(17)14(22)11-12(8)19-20-13(11)15(23)18-10-6-21-3-1-7(10)2-4-21/h5,7,10,22H,1-4,6H2,(H,18,23)(H,19,20)/t10-/m1/s1. The van der Waals surface area contributed by atoms with Crippen molar-refractivity contribution in [3.8, 4) is 5.75 Å². The molecule has 0 unspecified atom stereocenters. The van der Waals surface area contributed by atoms with Crippen molar-refractivity contribution < 1.29 is 9.90 Å². The molecule has 3 aliphatic heterocycles. The third-order valence-electron chi connectivity index (χ3n) is 4.91. The fourth-order valence-electron chi connectivity index (χ4n) is 3.65. The molecule has 2 aromatic rings. The molecule has 0 saturated carbocycles. The summed E-state index contributed by atoms with van der Waals surface area (Å²) in [6.07, 6.45) is 2.27. The summed E-state index contributed by atoms with van der Waals surface area (Å²) in [5.41, 5.74) is 0.848. The molecule has 6 nitrogen and oxygen atoms in total. The molecule has 5 rings (SSSR count). The number of carbonyl (C=O) groups excluding carboxylic acids is 1. The van der Waals surface area contributed by atoms with E-state index in [4.69, 9.17) is 0 Å². The molecular formula is C15H16Br2N4O2. The third-order valence-corrected chi connectivity index (χ3v) is 6.12. The Morgan fingerprint density at radius 1 is 1.35 bits per heavy atom. The van der Waals surface area contributed by atoms with E-state index in [0.717, 1.165) is 36.9 Å². The van der Waals surface area contributed by atoms with Gasteiger partial charge >= 0.3 is 0 Å². The van der Waals surface area contributed by atoms with Crippen LogP contribution in [0.3, 0.4) is 0 Å². The number of piperidine rings is 3. The van der Waals surface area contributed by atoms with E-state index in [-0.39, 0.29) is 17.7 Å². The van der Waals surface area contributed by atoms with Gasteiger partial charge in [-0.1, -0.05) is 0 Å². The monoisotopic (exact) mass is 442 g/mol. The number of phenolic OH excluding ortho intramolecular Hbond substituents is 1. The Bertz CT molecular complexity index is 783. The molecule has 1 atom stereocenters. The maximum Gasteiger partial charge on any atom is 0.270 e. The Kier molecular flexibility index (Phi) is 3.85. The zero-order valence-electron chi connectivity index (χ0n) is 12.3. The van der Waals surface area contributed by atoms with Gasteiger partial charge < -0.3 is 15.3 Å². The molecule has 23 heavy (non-hydrogen) atoms. The molecule has 1 aromatic heterocycles. The van der Waals surface area contributed by atoms with Crippen molar-refractivity contribution in [1.82, 2.24) is 20.4 Å². The molecule has 1 amide bonds. The number of nitrogens with zero attached hydrogens (tertiary/aromatic N) is 2. The molecule has 122 valence electrons. The number of phenols is 1. The molecule has 3 aliphatic rings. The SMILES string of the molecule is O=C(N[C@@H]1CN2CCC1CC2)c1[nH]nc2c(Br)cc(Br)c(O)c12. The fourth-order valence-corrected chi connectivity index (χ4v) is 4.90. The molecule has 3 fully saturated rings. The average Bonchev–Trinajstić information content (AvgIpc) is 2.99. The van der Waals surface area contributed by atoms with Crippen molar-refractivity contribution >= 4 is 48.7 Å². The molecule has 8 heteroatoms. The van der Waals surface area contributed by atoms with Crippen molar-refractivity contribution in [3.05, 3.63) is 20.7 Å². The van der Waals surface area contributed by atoms with Gasteiger partial charge in [0.15, 0.2) is 0 Å². The normalized spacial score (nSPS) is 26.6. The van der Waals surface area contributed by atoms with E-state index in [2.05, 4.69) is 52.3 Å². The fraction of sp³-hybridized carbons (Fsp3) is 0.467. The van der Waals surface area contributed by atoms with Crippen molar-refractivity contribution in [2.75, 3.05) is 19.6 Å². The number of aromatic amines is 1. The number of hydrogen-bond donors (Lipinski definition) is 3. The summed E-state index contributed by atoms with van der Waals surface area (Å²) in [7, 11) is 0. The summed E-state index contributed by atoms with van der Waals surface area (Å²) in [6, 6.07) is 1.88. The highest BCUT2D eigenvalue weighted by Gasteiger charge is 2.35. The minimum absolute atomic E-state index is 0.0241. The van der Waals surface area contributed by atoms with E-state index in [0.29, 0.717) is 27.0 Å². The first kappa shape index (κ1) is 15.4. The van der Waals surface area contributed by atoms with Crippen molar-refractivity contribution in [3.63, 3.8) is 0 Å². The second-order valence-electron chi connectivity index (χ2n) is 6.23. The average molecular weight is 444 g/mol. The Morgan fingerprint density at radius 3 is 2.74 bits per heavy atom. The van der Waals surface area contributed by atoms with Crippen LogP contribution >= 0.6 is 31.9 Å². The highest BCUT2D eigenvalue weighted by atomic mass is 79.9. The second-order valence-corrected chi connectivity index (χ2v) is 7.94. The number of rotatable bonds is 2. The van der Waals surface area contributed by atoms with Gasteiger partial charge in [0.25, 0.3) is 5.91 Å². The van der Waals surface area contributed by atoms with Crippen molar-refractivity contribution in [2.45, 2.75) is 18.9 Å². The minimum atomic E-state index is -0.216. The zero-order chi connectivity index (χ0) is 16.1. The summed E-state index contributed by atoms with van der Waals surface area (Å²) in [5, 5.41) is 20.8. The van der Waals surface area contributed by atoms with E-state index < -0.39 is 0 Å². The zero-order valence-corrected chi connectivity index (χ0v) is 15.4. The van der Waals surface area contributed by atoms with Crippen LogP contribution in [0.4, 0.5) is 0 Å². The lowest BCUT2D eigenvalue weighted by molar-refractivity contribution is 0.0618. The number of hydrogen-bond acceptors (Lipinski definition) is 4. The molecule has 0 radical (unpaired) electrons. The summed E-state index contributed by atoms with van der Waals surface area (Å²) in [5.74, 6) is 0.354. The Hall–Kier alpha value is -1.12. The predicted octanol–water partition coefficient (Wildman–Crippen LogP) is 2.62. The van der Waals surface area contributed by atoms with Gasteiger partial charge in [-0.2, -0.15) is 5.10 Å². The van der Waals surface area contributed by atoms with Crippen LogP contribution in [0.15, 0.2) is 15.0 Å². The smallest absolute Gasteiger partial charge is 0.270 e. The molecule has 4 heterocycles. The summed E-state index contributed by atoms with van der Waals surface area (Å²) < 4.78 is 1.24. The first-order chi connectivity index (χ1) is 11.0. The summed E-state index contributed by atoms with van der Waals surface area (Å²) in [6.45, 7) is 3.16. The van der Waals surface area contributed by atoms with Gasteiger partial charge in [0, 0.05) is 17.1 Å². The highest BCUT2D eigenvalue weighted by molar-refractivity contribution is 9.11. The van der Waals surface area contributed by atoms with Crippen molar-refractivity contribution in [2.24, 2.45) is 5.92 Å². The lowest BCUT2D eigenvalue weighted by Gasteiger charge is -2.44. The number of H-pyrrole nitrogens is 1. The molecule has 3 saturated heterocycles. The highest BCUT2D eigenvalue weighted by Crippen LogP contribution is 2.38. The quantitative estimate of drug-likeness (QED) is 0.666.